The van der Waals surface area contributed by atoms with Crippen LogP contribution in [0.1, 0.15) is 28.8 Å². The second-order valence-electron chi connectivity index (χ2n) is 6.24. The molecule has 1 saturated carbocycles. The van der Waals surface area contributed by atoms with E-state index in [0.29, 0.717) is 23.2 Å². The van der Waals surface area contributed by atoms with Crippen molar-refractivity contribution in [1.82, 2.24) is 4.72 Å². The maximum atomic E-state index is 12.4. The Bertz CT molecular complexity index is 908. The molecule has 5 nitrogen and oxygen atoms in total. The highest BCUT2D eigenvalue weighted by atomic mass is 35.5. The van der Waals surface area contributed by atoms with Crippen molar-refractivity contribution in [2.24, 2.45) is 5.92 Å². The molecule has 0 bridgehead atoms. The molecule has 1 aliphatic rings. The van der Waals surface area contributed by atoms with Gasteiger partial charge in [0.25, 0.3) is 5.91 Å². The Morgan fingerprint density at radius 2 is 1.96 bits per heavy atom. The first-order valence-corrected chi connectivity index (χ1v) is 9.88. The minimum absolute atomic E-state index is 0.0913. The minimum atomic E-state index is -3.61. The van der Waals surface area contributed by atoms with Gasteiger partial charge in [0.15, 0.2) is 0 Å². The fourth-order valence-corrected chi connectivity index (χ4v) is 3.79. The van der Waals surface area contributed by atoms with Gasteiger partial charge in [0.1, 0.15) is 0 Å². The molecule has 2 N–H and O–H groups in total. The lowest BCUT2D eigenvalue weighted by Crippen LogP contribution is -2.26. The number of sulfonamides is 1. The molecule has 132 valence electrons. The Morgan fingerprint density at radius 3 is 2.64 bits per heavy atom. The quantitative estimate of drug-likeness (QED) is 0.806. The van der Waals surface area contributed by atoms with E-state index < -0.39 is 10.0 Å². The van der Waals surface area contributed by atoms with Crippen molar-refractivity contribution in [2.45, 2.75) is 24.7 Å². The maximum Gasteiger partial charge on any atom is 0.255 e. The van der Waals surface area contributed by atoms with Crippen molar-refractivity contribution in [3.63, 3.8) is 0 Å². The molecule has 2 aromatic rings. The van der Waals surface area contributed by atoms with Crippen LogP contribution in [0.4, 0.5) is 5.69 Å². The number of amides is 1. The summed E-state index contributed by atoms with van der Waals surface area (Å²) >= 11 is 5.91. The summed E-state index contributed by atoms with van der Waals surface area (Å²) in [5.74, 6) is 0.0683. The average molecular weight is 379 g/mol. The third kappa shape index (κ3) is 4.60. The Hall–Kier alpha value is -1.89. The highest BCUT2D eigenvalue weighted by molar-refractivity contribution is 7.89. The van der Waals surface area contributed by atoms with Crippen LogP contribution < -0.4 is 10.0 Å². The molecule has 0 spiro atoms. The molecule has 0 aliphatic heterocycles. The largest absolute Gasteiger partial charge is 0.322 e. The number of hydrogen-bond donors (Lipinski definition) is 2. The predicted octanol–water partition coefficient (Wildman–Crippen LogP) is 3.59. The van der Waals surface area contributed by atoms with Crippen molar-refractivity contribution in [1.29, 1.82) is 0 Å². The first-order valence-electron chi connectivity index (χ1n) is 8.02. The standard InChI is InChI=1S/C18H19ClN2O3S/c1-12-9-15(19)7-8-17(12)21-18(22)14-3-2-4-16(10-14)25(23,24)20-11-13-5-6-13/h2-4,7-10,13,20H,5-6,11H2,1H3,(H,21,22). The van der Waals surface area contributed by atoms with E-state index in [1.807, 2.05) is 6.92 Å². The van der Waals surface area contributed by atoms with Gasteiger partial charge in [0.05, 0.1) is 4.90 Å². The summed E-state index contributed by atoms with van der Waals surface area (Å²) in [5, 5.41) is 3.37. The van der Waals surface area contributed by atoms with Crippen molar-refractivity contribution in [2.75, 3.05) is 11.9 Å². The molecule has 3 rings (SSSR count). The minimum Gasteiger partial charge on any atom is -0.322 e. The number of rotatable bonds is 6. The van der Waals surface area contributed by atoms with Gasteiger partial charge >= 0.3 is 0 Å². The zero-order valence-corrected chi connectivity index (χ0v) is 15.3. The SMILES string of the molecule is Cc1cc(Cl)ccc1NC(=O)c1cccc(S(=O)(=O)NCC2CC2)c1. The van der Waals surface area contributed by atoms with Gasteiger partial charge in [-0.05, 0) is 67.6 Å². The van der Waals surface area contributed by atoms with Crippen LogP contribution in [0.5, 0.6) is 0 Å². The monoisotopic (exact) mass is 378 g/mol. The van der Waals surface area contributed by atoms with Crippen LogP contribution in [0.25, 0.3) is 0 Å². The summed E-state index contributed by atoms with van der Waals surface area (Å²) in [5.41, 5.74) is 1.74. The van der Waals surface area contributed by atoms with Crippen molar-refractivity contribution >= 4 is 33.2 Å². The molecule has 1 aliphatic carbocycles. The maximum absolute atomic E-state index is 12.4. The summed E-state index contributed by atoms with van der Waals surface area (Å²) in [6, 6.07) is 11.2. The fourth-order valence-electron chi connectivity index (χ4n) is 2.40. The Labute approximate surface area is 152 Å². The molecule has 7 heteroatoms. The summed E-state index contributed by atoms with van der Waals surface area (Å²) in [6.07, 6.45) is 2.12. The van der Waals surface area contributed by atoms with E-state index in [9.17, 15) is 13.2 Å². The highest BCUT2D eigenvalue weighted by Gasteiger charge is 2.24. The average Bonchev–Trinajstić information content (AvgIpc) is 3.40. The topological polar surface area (TPSA) is 75.3 Å². The molecule has 0 atom stereocenters. The van der Waals surface area contributed by atoms with E-state index >= 15 is 0 Å². The normalized spacial score (nSPS) is 14.3. The van der Waals surface area contributed by atoms with Gasteiger partial charge in [-0.15, -0.1) is 0 Å². The number of aryl methyl sites for hydroxylation is 1. The highest BCUT2D eigenvalue weighted by Crippen LogP contribution is 2.28. The van der Waals surface area contributed by atoms with Crippen LogP contribution in [-0.2, 0) is 10.0 Å². The smallest absolute Gasteiger partial charge is 0.255 e. The van der Waals surface area contributed by atoms with Crippen LogP contribution in [0.15, 0.2) is 47.4 Å². The van der Waals surface area contributed by atoms with E-state index in [4.69, 9.17) is 11.6 Å². The Morgan fingerprint density at radius 1 is 1.20 bits per heavy atom. The van der Waals surface area contributed by atoms with Crippen molar-refractivity contribution in [3.05, 3.63) is 58.6 Å². The zero-order valence-electron chi connectivity index (χ0n) is 13.8. The number of benzene rings is 2. The number of carbonyl (C=O) groups excluding carboxylic acids is 1. The Kier molecular flexibility index (Phi) is 5.13. The summed E-state index contributed by atoms with van der Waals surface area (Å²) in [7, 11) is -3.61. The molecule has 25 heavy (non-hydrogen) atoms. The molecule has 1 amide bonds. The lowest BCUT2D eigenvalue weighted by atomic mass is 10.1. The fraction of sp³-hybridized carbons (Fsp3) is 0.278. The zero-order chi connectivity index (χ0) is 18.0. The van der Waals surface area contributed by atoms with Gasteiger partial charge in [-0.3, -0.25) is 4.79 Å². The van der Waals surface area contributed by atoms with Gasteiger partial charge in [-0.25, -0.2) is 13.1 Å². The third-order valence-corrected chi connectivity index (χ3v) is 5.76. The number of hydrogen-bond acceptors (Lipinski definition) is 3. The lowest BCUT2D eigenvalue weighted by molar-refractivity contribution is 0.102. The summed E-state index contributed by atoms with van der Waals surface area (Å²) in [4.78, 5) is 12.5. The molecule has 1 fully saturated rings. The Balaban J connectivity index is 1.76. The first-order chi connectivity index (χ1) is 11.8. The third-order valence-electron chi connectivity index (χ3n) is 4.10. The van der Waals surface area contributed by atoms with Gasteiger partial charge in [0, 0.05) is 22.8 Å². The van der Waals surface area contributed by atoms with E-state index in [0.717, 1.165) is 18.4 Å². The second-order valence-corrected chi connectivity index (χ2v) is 8.44. The predicted molar refractivity (Wildman–Crippen MR) is 98.5 cm³/mol. The van der Waals surface area contributed by atoms with Crippen LogP contribution in [0.2, 0.25) is 5.02 Å². The molecule has 0 heterocycles. The van der Waals surface area contributed by atoms with Crippen LogP contribution >= 0.6 is 11.6 Å². The molecular weight excluding hydrogens is 360 g/mol. The number of nitrogens with one attached hydrogen (secondary N) is 2. The number of halogens is 1. The number of carbonyl (C=O) groups is 1. The molecule has 0 saturated heterocycles. The molecular formula is C18H19ClN2O3S. The summed E-state index contributed by atoms with van der Waals surface area (Å²) < 4.78 is 27.3. The second kappa shape index (κ2) is 7.15. The van der Waals surface area contributed by atoms with Gasteiger partial charge < -0.3 is 5.32 Å². The van der Waals surface area contributed by atoms with Gasteiger partial charge in [-0.1, -0.05) is 17.7 Å². The van der Waals surface area contributed by atoms with Crippen LogP contribution in [-0.4, -0.2) is 20.9 Å². The van der Waals surface area contributed by atoms with Gasteiger partial charge in [0.2, 0.25) is 10.0 Å². The number of anilines is 1. The van der Waals surface area contributed by atoms with E-state index in [1.54, 1.807) is 30.3 Å². The van der Waals surface area contributed by atoms with Gasteiger partial charge in [-0.2, -0.15) is 0 Å². The molecule has 0 radical (unpaired) electrons. The van der Waals surface area contributed by atoms with Crippen molar-refractivity contribution < 1.29 is 13.2 Å². The van der Waals surface area contributed by atoms with Crippen LogP contribution in [0.3, 0.4) is 0 Å². The summed E-state index contributed by atoms with van der Waals surface area (Å²) in [6.45, 7) is 2.28. The van der Waals surface area contributed by atoms with E-state index in [1.165, 1.54) is 12.1 Å². The lowest BCUT2D eigenvalue weighted by Gasteiger charge is -2.10. The van der Waals surface area contributed by atoms with Crippen LogP contribution in [0, 0.1) is 12.8 Å². The van der Waals surface area contributed by atoms with Crippen molar-refractivity contribution in [3.8, 4) is 0 Å². The molecule has 0 aromatic heterocycles. The first kappa shape index (κ1) is 17.9. The molecule has 0 unspecified atom stereocenters. The van der Waals surface area contributed by atoms with E-state index in [-0.39, 0.29) is 16.4 Å². The van der Waals surface area contributed by atoms with E-state index in [2.05, 4.69) is 10.0 Å². The molecule has 2 aromatic carbocycles.